The number of benzene rings is 1. The Labute approximate surface area is 110 Å². The Morgan fingerprint density at radius 2 is 1.94 bits per heavy atom. The van der Waals surface area contributed by atoms with Crippen molar-refractivity contribution in [3.63, 3.8) is 0 Å². The van der Waals surface area contributed by atoms with Crippen molar-refractivity contribution in [2.45, 2.75) is 32.9 Å². The molecule has 0 fully saturated rings. The van der Waals surface area contributed by atoms with E-state index in [-0.39, 0.29) is 5.02 Å². The first-order valence-corrected chi connectivity index (χ1v) is 6.29. The summed E-state index contributed by atoms with van der Waals surface area (Å²) in [6.45, 7) is 4.97. The second-order valence-corrected chi connectivity index (χ2v) is 5.06. The molecule has 1 rings (SSSR count). The molecule has 0 aliphatic rings. The van der Waals surface area contributed by atoms with Gasteiger partial charge in [0.25, 0.3) is 0 Å². The zero-order chi connectivity index (χ0) is 13.8. The van der Waals surface area contributed by atoms with E-state index in [2.05, 4.69) is 19.2 Å². The Bertz CT molecular complexity index is 388. The molecule has 0 heterocycles. The molecular weight excluding hydrogens is 263 g/mol. The van der Waals surface area contributed by atoms with Crippen LogP contribution in [0.15, 0.2) is 18.2 Å². The predicted molar refractivity (Wildman–Crippen MR) is 69.0 cm³/mol. The molecule has 0 spiro atoms. The lowest BCUT2D eigenvalue weighted by molar-refractivity contribution is -0.137. The maximum atomic E-state index is 12.4. The van der Waals surface area contributed by atoms with Gasteiger partial charge >= 0.3 is 6.18 Å². The fourth-order valence-electron chi connectivity index (χ4n) is 1.57. The van der Waals surface area contributed by atoms with Gasteiger partial charge in [-0.25, -0.2) is 0 Å². The van der Waals surface area contributed by atoms with Gasteiger partial charge in [0.05, 0.1) is 16.3 Å². The van der Waals surface area contributed by atoms with E-state index in [1.54, 1.807) is 0 Å². The van der Waals surface area contributed by atoms with Gasteiger partial charge < -0.3 is 5.32 Å². The highest BCUT2D eigenvalue weighted by Gasteiger charge is 2.30. The van der Waals surface area contributed by atoms with Crippen LogP contribution in [0.4, 0.5) is 18.9 Å². The lowest BCUT2D eigenvalue weighted by Gasteiger charge is -2.12. The van der Waals surface area contributed by atoms with E-state index in [9.17, 15) is 13.2 Å². The minimum Gasteiger partial charge on any atom is -0.384 e. The lowest BCUT2D eigenvalue weighted by atomic mass is 10.1. The van der Waals surface area contributed by atoms with E-state index in [4.69, 9.17) is 11.6 Å². The summed E-state index contributed by atoms with van der Waals surface area (Å²) in [5, 5.41) is 3.15. The summed E-state index contributed by atoms with van der Waals surface area (Å²) in [7, 11) is 0. The van der Waals surface area contributed by atoms with Crippen molar-refractivity contribution in [1.82, 2.24) is 0 Å². The van der Waals surface area contributed by atoms with Gasteiger partial charge in [0.2, 0.25) is 0 Å². The molecule has 0 saturated heterocycles. The summed E-state index contributed by atoms with van der Waals surface area (Å²) in [5.41, 5.74) is -0.173. The van der Waals surface area contributed by atoms with Crippen LogP contribution in [0.2, 0.25) is 5.02 Å². The summed E-state index contributed by atoms with van der Waals surface area (Å²) >= 11 is 5.81. The van der Waals surface area contributed by atoms with Crippen LogP contribution in [0.25, 0.3) is 0 Å². The van der Waals surface area contributed by atoms with Gasteiger partial charge in [-0.2, -0.15) is 13.2 Å². The highest BCUT2D eigenvalue weighted by atomic mass is 35.5. The molecule has 0 unspecified atom stereocenters. The number of hydrogen-bond acceptors (Lipinski definition) is 1. The number of nitrogens with one attached hydrogen (secondary N) is 1. The second kappa shape index (κ2) is 6.32. The summed E-state index contributed by atoms with van der Waals surface area (Å²) < 4.78 is 37.2. The SMILES string of the molecule is CC(C)CCCNc1ccc(C(F)(F)F)cc1Cl. The highest BCUT2D eigenvalue weighted by molar-refractivity contribution is 6.33. The van der Waals surface area contributed by atoms with Crippen molar-refractivity contribution in [3.8, 4) is 0 Å². The van der Waals surface area contributed by atoms with Crippen LogP contribution in [0.5, 0.6) is 0 Å². The van der Waals surface area contributed by atoms with Crippen molar-refractivity contribution >= 4 is 17.3 Å². The van der Waals surface area contributed by atoms with Crippen LogP contribution in [0, 0.1) is 5.92 Å². The Kier molecular flexibility index (Phi) is 5.32. The molecule has 0 radical (unpaired) electrons. The van der Waals surface area contributed by atoms with Gasteiger partial charge in [-0.05, 0) is 37.0 Å². The number of hydrogen-bond donors (Lipinski definition) is 1. The number of anilines is 1. The smallest absolute Gasteiger partial charge is 0.384 e. The zero-order valence-corrected chi connectivity index (χ0v) is 11.2. The van der Waals surface area contributed by atoms with Crippen molar-refractivity contribution in [2.75, 3.05) is 11.9 Å². The molecule has 18 heavy (non-hydrogen) atoms. The van der Waals surface area contributed by atoms with E-state index in [1.165, 1.54) is 6.07 Å². The number of halogens is 4. The van der Waals surface area contributed by atoms with Crippen molar-refractivity contribution in [3.05, 3.63) is 28.8 Å². The first kappa shape index (κ1) is 15.2. The van der Waals surface area contributed by atoms with Crippen molar-refractivity contribution < 1.29 is 13.2 Å². The molecule has 1 aromatic rings. The van der Waals surface area contributed by atoms with Crippen LogP contribution in [0.1, 0.15) is 32.3 Å². The third-order valence-corrected chi connectivity index (χ3v) is 2.88. The van der Waals surface area contributed by atoms with E-state index < -0.39 is 11.7 Å². The number of rotatable bonds is 5. The summed E-state index contributed by atoms with van der Waals surface area (Å²) in [5.74, 6) is 0.620. The van der Waals surface area contributed by atoms with Gasteiger partial charge in [0, 0.05) is 6.54 Å². The van der Waals surface area contributed by atoms with Gasteiger partial charge in [0.15, 0.2) is 0 Å². The topological polar surface area (TPSA) is 12.0 Å². The summed E-state index contributed by atoms with van der Waals surface area (Å²) in [6, 6.07) is 3.36. The molecule has 5 heteroatoms. The van der Waals surface area contributed by atoms with Crippen LogP contribution in [0.3, 0.4) is 0 Å². The Hall–Kier alpha value is -0.900. The monoisotopic (exact) mass is 279 g/mol. The molecule has 0 aliphatic carbocycles. The van der Waals surface area contributed by atoms with E-state index in [0.29, 0.717) is 18.2 Å². The van der Waals surface area contributed by atoms with Gasteiger partial charge in [-0.3, -0.25) is 0 Å². The average Bonchev–Trinajstić information content (AvgIpc) is 2.24. The lowest BCUT2D eigenvalue weighted by Crippen LogP contribution is -2.07. The van der Waals surface area contributed by atoms with E-state index >= 15 is 0 Å². The molecule has 1 nitrogen and oxygen atoms in total. The minimum atomic E-state index is -4.35. The molecule has 102 valence electrons. The number of alkyl halides is 3. The summed E-state index contributed by atoms with van der Waals surface area (Å²) in [6.07, 6.45) is -2.31. The quantitative estimate of drug-likeness (QED) is 0.730. The molecule has 0 saturated carbocycles. The van der Waals surface area contributed by atoms with Gasteiger partial charge in [-0.1, -0.05) is 25.4 Å². The second-order valence-electron chi connectivity index (χ2n) is 4.66. The Morgan fingerprint density at radius 3 is 2.44 bits per heavy atom. The fraction of sp³-hybridized carbons (Fsp3) is 0.538. The first-order chi connectivity index (χ1) is 8.30. The van der Waals surface area contributed by atoms with Gasteiger partial charge in [-0.15, -0.1) is 0 Å². The van der Waals surface area contributed by atoms with Crippen LogP contribution < -0.4 is 5.32 Å². The molecule has 0 aromatic heterocycles. The zero-order valence-electron chi connectivity index (χ0n) is 10.4. The molecule has 0 bridgehead atoms. The third-order valence-electron chi connectivity index (χ3n) is 2.57. The Morgan fingerprint density at radius 1 is 1.28 bits per heavy atom. The molecule has 1 N–H and O–H groups in total. The molecule has 1 aromatic carbocycles. The van der Waals surface area contributed by atoms with Crippen LogP contribution in [-0.2, 0) is 6.18 Å². The van der Waals surface area contributed by atoms with Crippen LogP contribution in [-0.4, -0.2) is 6.54 Å². The molecular formula is C13H17ClF3N. The van der Waals surface area contributed by atoms with Crippen molar-refractivity contribution in [2.24, 2.45) is 5.92 Å². The summed E-state index contributed by atoms with van der Waals surface area (Å²) in [4.78, 5) is 0. The van der Waals surface area contributed by atoms with Crippen molar-refractivity contribution in [1.29, 1.82) is 0 Å². The third kappa shape index (κ3) is 4.77. The van der Waals surface area contributed by atoms with Crippen LogP contribution >= 0.6 is 11.6 Å². The standard InChI is InChI=1S/C13H17ClF3N/c1-9(2)4-3-7-18-12-6-5-10(8-11(12)14)13(15,16)17/h5-6,8-9,18H,3-4,7H2,1-2H3. The van der Waals surface area contributed by atoms with E-state index in [0.717, 1.165) is 25.0 Å². The Balaban J connectivity index is 2.58. The normalized spacial score (nSPS) is 11.9. The predicted octanol–water partition coefficient (Wildman–Crippen LogP) is 5.21. The minimum absolute atomic E-state index is 0.106. The fourth-order valence-corrected chi connectivity index (χ4v) is 1.82. The van der Waals surface area contributed by atoms with Gasteiger partial charge in [0.1, 0.15) is 0 Å². The first-order valence-electron chi connectivity index (χ1n) is 5.91. The highest BCUT2D eigenvalue weighted by Crippen LogP contribution is 2.33. The maximum absolute atomic E-state index is 12.4. The molecule has 0 atom stereocenters. The largest absolute Gasteiger partial charge is 0.416 e. The maximum Gasteiger partial charge on any atom is 0.416 e. The molecule has 0 amide bonds. The van der Waals surface area contributed by atoms with E-state index in [1.807, 2.05) is 0 Å². The average molecular weight is 280 g/mol. The molecule has 0 aliphatic heterocycles.